The highest BCUT2D eigenvalue weighted by atomic mass is 35.5. The van der Waals surface area contributed by atoms with Gasteiger partial charge in [0.15, 0.2) is 0 Å². The fraction of sp³-hybridized carbons (Fsp3) is 0.100. The Kier molecular flexibility index (Phi) is 3.21. The van der Waals surface area contributed by atoms with Crippen molar-refractivity contribution in [1.82, 2.24) is 4.98 Å². The van der Waals surface area contributed by atoms with Crippen molar-refractivity contribution < 1.29 is 9.53 Å². The molecule has 15 heavy (non-hydrogen) atoms. The number of esters is 1. The van der Waals surface area contributed by atoms with Gasteiger partial charge in [-0.2, -0.15) is 0 Å². The van der Waals surface area contributed by atoms with Crippen LogP contribution in [0.4, 0.5) is 5.69 Å². The third kappa shape index (κ3) is 1.89. The summed E-state index contributed by atoms with van der Waals surface area (Å²) < 4.78 is 4.64. The van der Waals surface area contributed by atoms with E-state index in [0.29, 0.717) is 11.3 Å². The van der Waals surface area contributed by atoms with Crippen LogP contribution in [0.3, 0.4) is 0 Å². The van der Waals surface area contributed by atoms with Crippen molar-refractivity contribution >= 4 is 35.0 Å². The van der Waals surface area contributed by atoms with Crippen LogP contribution in [0.1, 0.15) is 10.4 Å². The van der Waals surface area contributed by atoms with E-state index in [9.17, 15) is 4.79 Å². The predicted molar refractivity (Wildman–Crippen MR) is 61.3 cm³/mol. The van der Waals surface area contributed by atoms with Crippen LogP contribution in [-0.2, 0) is 4.74 Å². The Morgan fingerprint density at radius 3 is 2.87 bits per heavy atom. The number of nitrogens with one attached hydrogen (secondary N) is 1. The lowest BCUT2D eigenvalue weighted by molar-refractivity contribution is 0.0603. The van der Waals surface area contributed by atoms with Gasteiger partial charge in [-0.3, -0.25) is 0 Å². The van der Waals surface area contributed by atoms with E-state index in [0.717, 1.165) is 10.9 Å². The maximum absolute atomic E-state index is 11.3. The number of aromatic amines is 1. The molecule has 4 nitrogen and oxygen atoms in total. The molecule has 0 spiro atoms. The third-order valence-electron chi connectivity index (χ3n) is 2.11. The predicted octanol–water partition coefficient (Wildman–Crippen LogP) is 1.96. The lowest BCUT2D eigenvalue weighted by atomic mass is 10.1. The van der Waals surface area contributed by atoms with Gasteiger partial charge in [-0.05, 0) is 18.2 Å². The van der Waals surface area contributed by atoms with Crippen molar-refractivity contribution in [3.8, 4) is 0 Å². The van der Waals surface area contributed by atoms with E-state index in [2.05, 4.69) is 9.72 Å². The van der Waals surface area contributed by atoms with Gasteiger partial charge in [-0.1, -0.05) is 0 Å². The van der Waals surface area contributed by atoms with Gasteiger partial charge in [0.25, 0.3) is 0 Å². The number of anilines is 1. The van der Waals surface area contributed by atoms with Gasteiger partial charge in [0.05, 0.1) is 12.7 Å². The van der Waals surface area contributed by atoms with E-state index in [1.807, 2.05) is 0 Å². The first-order valence-electron chi connectivity index (χ1n) is 4.17. The molecule has 1 aromatic heterocycles. The van der Waals surface area contributed by atoms with Crippen LogP contribution in [-0.4, -0.2) is 18.1 Å². The number of hydrogen-bond acceptors (Lipinski definition) is 3. The fourth-order valence-corrected chi connectivity index (χ4v) is 1.42. The average molecular weight is 227 g/mol. The fourth-order valence-electron chi connectivity index (χ4n) is 1.42. The van der Waals surface area contributed by atoms with Crippen LogP contribution in [0.5, 0.6) is 0 Å². The summed E-state index contributed by atoms with van der Waals surface area (Å²) in [6, 6.07) is 5.33. The minimum absolute atomic E-state index is 0. The van der Waals surface area contributed by atoms with E-state index in [1.54, 1.807) is 24.4 Å². The van der Waals surface area contributed by atoms with Crippen molar-refractivity contribution in [2.24, 2.45) is 0 Å². The first-order valence-corrected chi connectivity index (χ1v) is 4.17. The van der Waals surface area contributed by atoms with Crippen LogP contribution >= 0.6 is 12.4 Å². The second-order valence-corrected chi connectivity index (χ2v) is 3.00. The molecule has 0 fully saturated rings. The summed E-state index contributed by atoms with van der Waals surface area (Å²) in [5.74, 6) is -0.346. The topological polar surface area (TPSA) is 68.1 Å². The number of rotatable bonds is 1. The smallest absolute Gasteiger partial charge is 0.340 e. The molecule has 0 aliphatic rings. The highest BCUT2D eigenvalue weighted by Crippen LogP contribution is 2.20. The van der Waals surface area contributed by atoms with Crippen molar-refractivity contribution in [3.05, 3.63) is 30.0 Å². The van der Waals surface area contributed by atoms with Gasteiger partial charge in [-0.25, -0.2) is 4.79 Å². The molecule has 2 rings (SSSR count). The molecule has 3 N–H and O–H groups in total. The lowest BCUT2D eigenvalue weighted by Gasteiger charge is -1.96. The number of aromatic nitrogens is 1. The largest absolute Gasteiger partial charge is 0.465 e. The number of nitrogen functional groups attached to an aromatic ring is 1. The maximum Gasteiger partial charge on any atom is 0.340 e. The van der Waals surface area contributed by atoms with Crippen LogP contribution in [0, 0.1) is 0 Å². The molecule has 0 unspecified atom stereocenters. The monoisotopic (exact) mass is 226 g/mol. The van der Waals surface area contributed by atoms with E-state index in [4.69, 9.17) is 5.73 Å². The number of hydrogen-bond donors (Lipinski definition) is 2. The van der Waals surface area contributed by atoms with Crippen molar-refractivity contribution in [1.29, 1.82) is 0 Å². The highest BCUT2D eigenvalue weighted by Gasteiger charge is 2.11. The van der Waals surface area contributed by atoms with E-state index >= 15 is 0 Å². The average Bonchev–Trinajstić information content (AvgIpc) is 2.59. The third-order valence-corrected chi connectivity index (χ3v) is 2.11. The summed E-state index contributed by atoms with van der Waals surface area (Å²) >= 11 is 0. The maximum atomic E-state index is 11.3. The van der Waals surface area contributed by atoms with Crippen molar-refractivity contribution in [3.63, 3.8) is 0 Å². The zero-order valence-corrected chi connectivity index (χ0v) is 8.93. The molecule has 0 atom stereocenters. The summed E-state index contributed by atoms with van der Waals surface area (Å²) in [5.41, 5.74) is 7.64. The van der Waals surface area contributed by atoms with Crippen LogP contribution in [0.25, 0.3) is 10.9 Å². The second kappa shape index (κ2) is 4.23. The SMILES string of the molecule is COC(=O)c1c[nH]c2cc(N)ccc12.Cl. The van der Waals surface area contributed by atoms with Crippen LogP contribution < -0.4 is 5.73 Å². The lowest BCUT2D eigenvalue weighted by Crippen LogP contribution is -1.99. The number of carbonyl (C=O) groups excluding carboxylic acids is 1. The molecule has 0 radical (unpaired) electrons. The molecule has 0 aliphatic carbocycles. The van der Waals surface area contributed by atoms with Gasteiger partial charge in [0, 0.05) is 22.8 Å². The Bertz CT molecular complexity index is 493. The Labute approximate surface area is 92.8 Å². The summed E-state index contributed by atoms with van der Waals surface area (Å²) in [7, 11) is 1.36. The number of ether oxygens (including phenoxy) is 1. The first-order chi connectivity index (χ1) is 6.72. The number of fused-ring (bicyclic) bond motifs is 1. The first kappa shape index (κ1) is 11.4. The number of carbonyl (C=O) groups is 1. The summed E-state index contributed by atoms with van der Waals surface area (Å²) in [6.07, 6.45) is 1.62. The molecule has 0 amide bonds. The highest BCUT2D eigenvalue weighted by molar-refractivity contribution is 6.04. The Morgan fingerprint density at radius 2 is 2.20 bits per heavy atom. The van der Waals surface area contributed by atoms with Gasteiger partial charge < -0.3 is 15.5 Å². The molecule has 80 valence electrons. The van der Waals surface area contributed by atoms with Crippen LogP contribution in [0.2, 0.25) is 0 Å². The Hall–Kier alpha value is -1.68. The van der Waals surface area contributed by atoms with E-state index in [-0.39, 0.29) is 18.4 Å². The molecule has 2 aromatic rings. The molecule has 5 heteroatoms. The number of H-pyrrole nitrogens is 1. The minimum atomic E-state index is -0.346. The molecular weight excluding hydrogens is 216 g/mol. The number of benzene rings is 1. The van der Waals surface area contributed by atoms with Crippen molar-refractivity contribution in [2.75, 3.05) is 12.8 Å². The zero-order valence-electron chi connectivity index (χ0n) is 8.11. The molecule has 0 bridgehead atoms. The summed E-state index contributed by atoms with van der Waals surface area (Å²) in [4.78, 5) is 14.3. The molecular formula is C10H11ClN2O2. The minimum Gasteiger partial charge on any atom is -0.465 e. The number of nitrogens with two attached hydrogens (primary N) is 1. The van der Waals surface area contributed by atoms with E-state index in [1.165, 1.54) is 7.11 Å². The second-order valence-electron chi connectivity index (χ2n) is 3.00. The van der Waals surface area contributed by atoms with Gasteiger partial charge in [0.2, 0.25) is 0 Å². The standard InChI is InChI=1S/C10H10N2O2.ClH/c1-14-10(13)8-5-12-9-4-6(11)2-3-7(8)9;/h2-5,12H,11H2,1H3;1H. The Morgan fingerprint density at radius 1 is 1.47 bits per heavy atom. The van der Waals surface area contributed by atoms with Crippen LogP contribution in [0.15, 0.2) is 24.4 Å². The molecule has 0 saturated heterocycles. The summed E-state index contributed by atoms with van der Waals surface area (Å²) in [5, 5.41) is 0.825. The van der Waals surface area contributed by atoms with Gasteiger partial charge in [-0.15, -0.1) is 12.4 Å². The normalized spacial score (nSPS) is 9.67. The molecule has 0 saturated carbocycles. The number of halogens is 1. The molecule has 1 heterocycles. The molecule has 0 aliphatic heterocycles. The van der Waals surface area contributed by atoms with Gasteiger partial charge in [0.1, 0.15) is 0 Å². The molecule has 1 aromatic carbocycles. The summed E-state index contributed by atoms with van der Waals surface area (Å²) in [6.45, 7) is 0. The van der Waals surface area contributed by atoms with Crippen molar-refractivity contribution in [2.45, 2.75) is 0 Å². The van der Waals surface area contributed by atoms with E-state index < -0.39 is 0 Å². The van der Waals surface area contributed by atoms with Gasteiger partial charge >= 0.3 is 5.97 Å². The number of methoxy groups -OCH3 is 1. The Balaban J connectivity index is 0.00000112. The quantitative estimate of drug-likeness (QED) is 0.577. The zero-order chi connectivity index (χ0) is 10.1.